The van der Waals surface area contributed by atoms with Crippen LogP contribution in [-0.4, -0.2) is 43.4 Å². The minimum atomic E-state index is -4.57. The zero-order chi connectivity index (χ0) is 25.3. The Bertz CT molecular complexity index is 1410. The Labute approximate surface area is 205 Å². The standard InChI is InChI=1S/C23H15ClF3N3O4S/c24-16-5-4-14(17(10-16)23(25,26)27)12-30-18-6-3-13(8-15(18)11-28-30)9-19-21(33)29(22(34)35-19)7-1-2-20(31)32/h1-6,8-11H,7,12H2,(H,31,32)/b2-1+,19-9?. The fourth-order valence-electron chi connectivity index (χ4n) is 3.50. The van der Waals surface area contributed by atoms with Gasteiger partial charge in [-0.3, -0.25) is 19.2 Å². The molecule has 1 aliphatic rings. The third-order valence-electron chi connectivity index (χ3n) is 5.08. The zero-order valence-electron chi connectivity index (χ0n) is 17.6. The summed E-state index contributed by atoms with van der Waals surface area (Å²) in [5.41, 5.74) is 0.351. The zero-order valence-corrected chi connectivity index (χ0v) is 19.2. The van der Waals surface area contributed by atoms with E-state index < -0.39 is 28.9 Å². The van der Waals surface area contributed by atoms with Crippen molar-refractivity contribution >= 4 is 57.5 Å². The molecule has 180 valence electrons. The molecule has 2 aromatic carbocycles. The van der Waals surface area contributed by atoms with Gasteiger partial charge in [0.25, 0.3) is 11.1 Å². The summed E-state index contributed by atoms with van der Waals surface area (Å²) in [4.78, 5) is 36.3. The average molecular weight is 522 g/mol. The van der Waals surface area contributed by atoms with E-state index in [0.717, 1.165) is 28.8 Å². The van der Waals surface area contributed by atoms with Gasteiger partial charge in [-0.2, -0.15) is 18.3 Å². The van der Waals surface area contributed by atoms with Gasteiger partial charge < -0.3 is 5.11 Å². The number of carbonyl (C=O) groups excluding carboxylic acids is 2. The Morgan fingerprint density at radius 1 is 1.17 bits per heavy atom. The molecular weight excluding hydrogens is 507 g/mol. The van der Waals surface area contributed by atoms with Crippen LogP contribution in [0, 0.1) is 0 Å². The summed E-state index contributed by atoms with van der Waals surface area (Å²) in [7, 11) is 0. The molecule has 1 aromatic heterocycles. The Morgan fingerprint density at radius 3 is 2.66 bits per heavy atom. The molecule has 4 rings (SSSR count). The van der Waals surface area contributed by atoms with Crippen LogP contribution >= 0.6 is 23.4 Å². The molecule has 0 spiro atoms. The summed E-state index contributed by atoms with van der Waals surface area (Å²) < 4.78 is 41.7. The van der Waals surface area contributed by atoms with E-state index in [4.69, 9.17) is 16.7 Å². The second-order valence-corrected chi connectivity index (χ2v) is 8.88. The number of rotatable bonds is 6. The van der Waals surface area contributed by atoms with Gasteiger partial charge in [-0.05, 0) is 53.2 Å². The summed E-state index contributed by atoms with van der Waals surface area (Å²) in [6.07, 6.45) is 0.498. The van der Waals surface area contributed by atoms with Crippen LogP contribution in [0.5, 0.6) is 0 Å². The summed E-state index contributed by atoms with van der Waals surface area (Å²) in [5.74, 6) is -1.74. The molecule has 1 aliphatic heterocycles. The number of halogens is 4. The van der Waals surface area contributed by atoms with Gasteiger partial charge in [0.2, 0.25) is 0 Å². The van der Waals surface area contributed by atoms with Gasteiger partial charge in [0.15, 0.2) is 0 Å². The maximum atomic E-state index is 13.4. The van der Waals surface area contributed by atoms with Crippen LogP contribution in [0.2, 0.25) is 5.02 Å². The van der Waals surface area contributed by atoms with Crippen molar-refractivity contribution in [2.45, 2.75) is 12.7 Å². The van der Waals surface area contributed by atoms with E-state index in [2.05, 4.69) is 5.10 Å². The van der Waals surface area contributed by atoms with Gasteiger partial charge in [-0.15, -0.1) is 0 Å². The number of benzene rings is 2. The third kappa shape index (κ3) is 5.41. The first-order chi connectivity index (χ1) is 16.5. The molecule has 0 aliphatic carbocycles. The fraction of sp³-hybridized carbons (Fsp3) is 0.130. The van der Waals surface area contributed by atoms with Crippen molar-refractivity contribution in [2.24, 2.45) is 0 Å². The van der Waals surface area contributed by atoms with Crippen LogP contribution in [0.1, 0.15) is 16.7 Å². The molecule has 0 unspecified atom stereocenters. The van der Waals surface area contributed by atoms with E-state index in [1.54, 1.807) is 18.2 Å². The van der Waals surface area contributed by atoms with Crippen molar-refractivity contribution < 1.29 is 32.7 Å². The number of amides is 2. The maximum Gasteiger partial charge on any atom is 0.416 e. The number of carboxylic acids is 1. The number of hydrogen-bond acceptors (Lipinski definition) is 5. The van der Waals surface area contributed by atoms with Crippen molar-refractivity contribution in [2.75, 3.05) is 6.54 Å². The SMILES string of the molecule is O=C(O)/C=C/CN1C(=O)SC(=Cc2ccc3c(cnn3Cc3ccc(Cl)cc3C(F)(F)F)c2)C1=O. The summed E-state index contributed by atoms with van der Waals surface area (Å²) in [6, 6.07) is 8.60. The molecule has 3 aromatic rings. The van der Waals surface area contributed by atoms with Crippen LogP contribution in [0.25, 0.3) is 17.0 Å². The molecule has 0 radical (unpaired) electrons. The van der Waals surface area contributed by atoms with Gasteiger partial charge in [0.05, 0.1) is 28.7 Å². The quantitative estimate of drug-likeness (QED) is 0.435. The van der Waals surface area contributed by atoms with Crippen molar-refractivity contribution in [1.82, 2.24) is 14.7 Å². The monoisotopic (exact) mass is 521 g/mol. The second-order valence-electron chi connectivity index (χ2n) is 7.45. The number of aliphatic carboxylic acids is 1. The summed E-state index contributed by atoms with van der Waals surface area (Å²) in [6.45, 7) is -0.289. The number of thioether (sulfide) groups is 1. The highest BCUT2D eigenvalue weighted by Crippen LogP contribution is 2.35. The molecular formula is C23H15ClF3N3O4S. The largest absolute Gasteiger partial charge is 0.478 e. The number of aromatic nitrogens is 2. The molecule has 12 heteroatoms. The number of nitrogens with zero attached hydrogens (tertiary/aromatic N) is 3. The first-order valence-corrected chi connectivity index (χ1v) is 11.2. The molecule has 0 atom stereocenters. The van der Waals surface area contributed by atoms with Crippen molar-refractivity contribution in [3.8, 4) is 0 Å². The molecule has 35 heavy (non-hydrogen) atoms. The first-order valence-electron chi connectivity index (χ1n) is 9.99. The third-order valence-corrected chi connectivity index (χ3v) is 6.23. The van der Waals surface area contributed by atoms with E-state index in [-0.39, 0.29) is 28.6 Å². The Morgan fingerprint density at radius 2 is 1.94 bits per heavy atom. The molecule has 1 N–H and O–H groups in total. The van der Waals surface area contributed by atoms with Gasteiger partial charge in [-0.25, -0.2) is 4.79 Å². The predicted molar refractivity (Wildman–Crippen MR) is 125 cm³/mol. The highest BCUT2D eigenvalue weighted by atomic mass is 35.5. The summed E-state index contributed by atoms with van der Waals surface area (Å²) >= 11 is 6.48. The number of carboxylic acid groups (broad SMARTS) is 1. The molecule has 0 saturated carbocycles. The lowest BCUT2D eigenvalue weighted by molar-refractivity contribution is -0.138. The van der Waals surface area contributed by atoms with Crippen LogP contribution in [0.4, 0.5) is 18.0 Å². The van der Waals surface area contributed by atoms with Crippen LogP contribution in [0.15, 0.2) is 59.7 Å². The Hall–Kier alpha value is -3.57. The fourth-order valence-corrected chi connectivity index (χ4v) is 4.52. The molecule has 2 heterocycles. The van der Waals surface area contributed by atoms with E-state index in [1.165, 1.54) is 35.2 Å². The van der Waals surface area contributed by atoms with E-state index in [1.807, 2.05) is 0 Å². The lowest BCUT2D eigenvalue weighted by Gasteiger charge is -2.14. The van der Waals surface area contributed by atoms with Gasteiger partial charge in [0.1, 0.15) is 0 Å². The number of hydrogen-bond donors (Lipinski definition) is 1. The van der Waals surface area contributed by atoms with Gasteiger partial charge >= 0.3 is 12.1 Å². The minimum absolute atomic E-state index is 0.0154. The second kappa shape index (κ2) is 9.59. The van der Waals surface area contributed by atoms with E-state index >= 15 is 0 Å². The van der Waals surface area contributed by atoms with Crippen molar-refractivity contribution in [1.29, 1.82) is 0 Å². The molecule has 1 fully saturated rings. The van der Waals surface area contributed by atoms with E-state index in [0.29, 0.717) is 16.5 Å². The highest BCUT2D eigenvalue weighted by Gasteiger charge is 2.35. The van der Waals surface area contributed by atoms with Crippen molar-refractivity contribution in [3.63, 3.8) is 0 Å². The predicted octanol–water partition coefficient (Wildman–Crippen LogP) is 5.43. The Balaban J connectivity index is 1.57. The summed E-state index contributed by atoms with van der Waals surface area (Å²) in [5, 5.41) is 12.9. The van der Waals surface area contributed by atoms with Gasteiger partial charge in [0, 0.05) is 23.0 Å². The normalized spacial score (nSPS) is 15.8. The highest BCUT2D eigenvalue weighted by molar-refractivity contribution is 8.18. The maximum absolute atomic E-state index is 13.4. The first kappa shape index (κ1) is 24.6. The molecule has 7 nitrogen and oxygen atoms in total. The lowest BCUT2D eigenvalue weighted by atomic mass is 10.1. The lowest BCUT2D eigenvalue weighted by Crippen LogP contribution is -2.28. The van der Waals surface area contributed by atoms with E-state index in [9.17, 15) is 27.6 Å². The van der Waals surface area contributed by atoms with Crippen LogP contribution in [-0.2, 0) is 22.3 Å². The minimum Gasteiger partial charge on any atom is -0.478 e. The smallest absolute Gasteiger partial charge is 0.416 e. The van der Waals surface area contributed by atoms with Crippen LogP contribution in [0.3, 0.4) is 0 Å². The number of alkyl halides is 3. The Kier molecular flexibility index (Phi) is 6.73. The molecule has 1 saturated heterocycles. The average Bonchev–Trinajstić information content (AvgIpc) is 3.29. The molecule has 0 bridgehead atoms. The number of carbonyl (C=O) groups is 3. The number of imide groups is 1. The van der Waals surface area contributed by atoms with Gasteiger partial charge in [-0.1, -0.05) is 29.8 Å². The molecule has 2 amide bonds. The number of fused-ring (bicyclic) bond motifs is 1. The van der Waals surface area contributed by atoms with Crippen molar-refractivity contribution in [3.05, 3.63) is 81.4 Å². The van der Waals surface area contributed by atoms with Crippen LogP contribution < -0.4 is 0 Å². The topological polar surface area (TPSA) is 92.5 Å².